The Morgan fingerprint density at radius 1 is 1.29 bits per heavy atom. The number of thiophene rings is 1. The van der Waals surface area contributed by atoms with Crippen molar-refractivity contribution in [2.75, 3.05) is 0 Å². The molecule has 0 radical (unpaired) electrons. The smallest absolute Gasteiger partial charge is 0.305 e. The normalized spacial score (nSPS) is 13.0. The summed E-state index contributed by atoms with van der Waals surface area (Å²) < 4.78 is 39.7. The van der Waals surface area contributed by atoms with Gasteiger partial charge in [0.1, 0.15) is 10.0 Å². The highest BCUT2D eigenvalue weighted by atomic mass is 32.2. The average molecular weight is 329 g/mol. The molecular weight excluding hydrogens is 317 g/mol. The first kappa shape index (κ1) is 15.6. The predicted molar refractivity (Wildman–Crippen MR) is 76.0 cm³/mol. The molecule has 8 heteroatoms. The summed E-state index contributed by atoms with van der Waals surface area (Å²) in [6.07, 6.45) is -0.434. The number of carboxylic acids is 1. The molecule has 0 saturated heterocycles. The van der Waals surface area contributed by atoms with E-state index in [1.165, 1.54) is 18.2 Å². The summed E-state index contributed by atoms with van der Waals surface area (Å²) in [4.78, 5) is 10.9. The molecule has 2 aromatic rings. The van der Waals surface area contributed by atoms with E-state index in [9.17, 15) is 17.6 Å². The van der Waals surface area contributed by atoms with Gasteiger partial charge in [-0.1, -0.05) is 18.2 Å². The number of sulfonamides is 1. The summed E-state index contributed by atoms with van der Waals surface area (Å²) >= 11 is 1.03. The summed E-state index contributed by atoms with van der Waals surface area (Å²) in [7, 11) is -3.81. The summed E-state index contributed by atoms with van der Waals surface area (Å²) in [6, 6.07) is 7.08. The van der Waals surface area contributed by atoms with Gasteiger partial charge in [0.2, 0.25) is 0 Å². The zero-order chi connectivity index (χ0) is 15.5. The highest BCUT2D eigenvalue weighted by molar-refractivity contribution is 7.91. The number of hydrogen-bond acceptors (Lipinski definition) is 4. The molecule has 0 aliphatic heterocycles. The lowest BCUT2D eigenvalue weighted by Crippen LogP contribution is -2.29. The maximum atomic E-state index is 12.9. The number of benzene rings is 1. The maximum absolute atomic E-state index is 12.9. The Balaban J connectivity index is 2.29. The lowest BCUT2D eigenvalue weighted by atomic mass is 10.1. The van der Waals surface area contributed by atoms with Gasteiger partial charge in [0, 0.05) is 0 Å². The van der Waals surface area contributed by atoms with Crippen LogP contribution in [-0.2, 0) is 14.8 Å². The standard InChI is InChI=1S/C13H12FNO4S2/c14-10-5-3-9(4-6-10)11(8-12(16)17)15-21(18,19)13-2-1-7-20-13/h1-7,11,15H,8H2,(H,16,17). The quantitative estimate of drug-likeness (QED) is 0.852. The minimum atomic E-state index is -3.81. The second kappa shape index (κ2) is 6.33. The van der Waals surface area contributed by atoms with Crippen LogP contribution in [0.3, 0.4) is 0 Å². The Morgan fingerprint density at radius 2 is 1.95 bits per heavy atom. The molecule has 0 aliphatic carbocycles. The first-order valence-electron chi connectivity index (χ1n) is 5.91. The van der Waals surface area contributed by atoms with Crippen LogP contribution in [0.15, 0.2) is 46.0 Å². The Labute approximate surface area is 125 Å². The molecule has 1 heterocycles. The van der Waals surface area contributed by atoms with Crippen LogP contribution in [0.5, 0.6) is 0 Å². The molecule has 5 nitrogen and oxygen atoms in total. The Morgan fingerprint density at radius 3 is 2.48 bits per heavy atom. The van der Waals surface area contributed by atoms with E-state index < -0.39 is 34.3 Å². The molecule has 2 N–H and O–H groups in total. The van der Waals surface area contributed by atoms with Crippen molar-refractivity contribution in [1.29, 1.82) is 0 Å². The van der Waals surface area contributed by atoms with Crippen molar-refractivity contribution in [3.05, 3.63) is 53.2 Å². The van der Waals surface area contributed by atoms with Crippen molar-refractivity contribution in [2.24, 2.45) is 0 Å². The minimum Gasteiger partial charge on any atom is -0.481 e. The van der Waals surface area contributed by atoms with E-state index in [0.29, 0.717) is 5.56 Å². The molecule has 0 spiro atoms. The molecule has 0 amide bonds. The SMILES string of the molecule is O=C(O)CC(NS(=O)(=O)c1cccs1)c1ccc(F)cc1. The molecule has 112 valence electrons. The Kier molecular flexibility index (Phi) is 4.71. The third kappa shape index (κ3) is 4.10. The van der Waals surface area contributed by atoms with Crippen molar-refractivity contribution < 1.29 is 22.7 Å². The number of rotatable bonds is 6. The van der Waals surface area contributed by atoms with Crippen LogP contribution in [0.1, 0.15) is 18.0 Å². The van der Waals surface area contributed by atoms with Crippen LogP contribution >= 0.6 is 11.3 Å². The Bertz CT molecular complexity index is 711. The largest absolute Gasteiger partial charge is 0.481 e. The van der Waals surface area contributed by atoms with Crippen LogP contribution in [0.2, 0.25) is 0 Å². The first-order chi connectivity index (χ1) is 9.88. The van der Waals surface area contributed by atoms with Crippen molar-refractivity contribution >= 4 is 27.3 Å². The van der Waals surface area contributed by atoms with Gasteiger partial charge in [0.15, 0.2) is 0 Å². The molecule has 21 heavy (non-hydrogen) atoms. The van der Waals surface area contributed by atoms with Crippen molar-refractivity contribution in [2.45, 2.75) is 16.7 Å². The highest BCUT2D eigenvalue weighted by Gasteiger charge is 2.24. The van der Waals surface area contributed by atoms with E-state index in [0.717, 1.165) is 23.5 Å². The monoisotopic (exact) mass is 329 g/mol. The molecule has 2 rings (SSSR count). The van der Waals surface area contributed by atoms with Gasteiger partial charge < -0.3 is 5.11 Å². The van der Waals surface area contributed by atoms with Gasteiger partial charge in [-0.25, -0.2) is 17.5 Å². The molecule has 1 aromatic heterocycles. The number of carbonyl (C=O) groups is 1. The number of carboxylic acid groups (broad SMARTS) is 1. The molecule has 1 aromatic carbocycles. The van der Waals surface area contributed by atoms with Gasteiger partial charge in [0.25, 0.3) is 10.0 Å². The van der Waals surface area contributed by atoms with Crippen LogP contribution in [0.4, 0.5) is 4.39 Å². The van der Waals surface area contributed by atoms with Gasteiger partial charge in [-0.05, 0) is 29.1 Å². The predicted octanol–water partition coefficient (Wildman–Crippen LogP) is 2.38. The fourth-order valence-electron chi connectivity index (χ4n) is 1.76. The van der Waals surface area contributed by atoms with Gasteiger partial charge in [0.05, 0.1) is 12.5 Å². The summed E-state index contributed by atoms with van der Waals surface area (Å²) in [5.74, 6) is -1.63. The van der Waals surface area contributed by atoms with Crippen molar-refractivity contribution in [1.82, 2.24) is 4.72 Å². The number of hydrogen-bond donors (Lipinski definition) is 2. The van der Waals surface area contributed by atoms with E-state index in [1.807, 2.05) is 0 Å². The topological polar surface area (TPSA) is 83.5 Å². The van der Waals surface area contributed by atoms with Crippen molar-refractivity contribution in [3.63, 3.8) is 0 Å². The van der Waals surface area contributed by atoms with Crippen LogP contribution in [0, 0.1) is 5.82 Å². The van der Waals surface area contributed by atoms with Crippen LogP contribution < -0.4 is 4.72 Å². The van der Waals surface area contributed by atoms with E-state index in [2.05, 4.69) is 4.72 Å². The average Bonchev–Trinajstić information content (AvgIpc) is 2.92. The molecule has 0 aliphatic rings. The molecule has 1 unspecified atom stereocenters. The fraction of sp³-hybridized carbons (Fsp3) is 0.154. The zero-order valence-corrected chi connectivity index (χ0v) is 12.3. The lowest BCUT2D eigenvalue weighted by molar-refractivity contribution is -0.137. The van der Waals surface area contributed by atoms with E-state index in [1.54, 1.807) is 11.4 Å². The first-order valence-corrected chi connectivity index (χ1v) is 8.28. The van der Waals surface area contributed by atoms with Crippen molar-refractivity contribution in [3.8, 4) is 0 Å². The van der Waals surface area contributed by atoms with Gasteiger partial charge in [-0.15, -0.1) is 11.3 Å². The maximum Gasteiger partial charge on any atom is 0.305 e. The van der Waals surface area contributed by atoms with E-state index >= 15 is 0 Å². The third-order valence-electron chi connectivity index (χ3n) is 2.71. The molecule has 0 saturated carbocycles. The number of halogens is 1. The molecule has 0 fully saturated rings. The summed E-state index contributed by atoms with van der Waals surface area (Å²) in [6.45, 7) is 0. The molecular formula is C13H12FNO4S2. The lowest BCUT2D eigenvalue weighted by Gasteiger charge is -2.17. The van der Waals surface area contributed by atoms with Crippen LogP contribution in [0.25, 0.3) is 0 Å². The zero-order valence-electron chi connectivity index (χ0n) is 10.7. The Hall–Kier alpha value is -1.77. The fourth-order valence-corrected chi connectivity index (χ4v) is 3.99. The van der Waals surface area contributed by atoms with E-state index in [4.69, 9.17) is 5.11 Å². The minimum absolute atomic E-state index is 0.0972. The number of aliphatic carboxylic acids is 1. The third-order valence-corrected chi connectivity index (χ3v) is 5.58. The van der Waals surface area contributed by atoms with Gasteiger partial charge >= 0.3 is 5.97 Å². The highest BCUT2D eigenvalue weighted by Crippen LogP contribution is 2.23. The molecule has 1 atom stereocenters. The molecule has 0 bridgehead atoms. The second-order valence-electron chi connectivity index (χ2n) is 4.26. The second-order valence-corrected chi connectivity index (χ2v) is 7.14. The van der Waals surface area contributed by atoms with E-state index in [-0.39, 0.29) is 4.21 Å². The summed E-state index contributed by atoms with van der Waals surface area (Å²) in [5, 5.41) is 10.5. The van der Waals surface area contributed by atoms with Gasteiger partial charge in [-0.3, -0.25) is 4.79 Å². The van der Waals surface area contributed by atoms with Crippen LogP contribution in [-0.4, -0.2) is 19.5 Å². The van der Waals surface area contributed by atoms with Gasteiger partial charge in [-0.2, -0.15) is 0 Å². The summed E-state index contributed by atoms with van der Waals surface area (Å²) in [5.41, 5.74) is 0.388. The number of nitrogens with one attached hydrogen (secondary N) is 1.